The fourth-order valence-corrected chi connectivity index (χ4v) is 2.47. The first kappa shape index (κ1) is 19.4. The Kier molecular flexibility index (Phi) is 8.12. The van der Waals surface area contributed by atoms with Crippen molar-refractivity contribution in [3.8, 4) is 5.75 Å². The number of nitrogens with zero attached hydrogens (tertiary/aromatic N) is 2. The quantitative estimate of drug-likeness (QED) is 0.254. The van der Waals surface area contributed by atoms with E-state index in [1.807, 2.05) is 24.3 Å². The van der Waals surface area contributed by atoms with E-state index in [9.17, 15) is 10.1 Å². The number of nitro benzene ring substituents is 1. The minimum atomic E-state index is -0.432. The number of nitro groups is 1. The number of anilines is 1. The van der Waals surface area contributed by atoms with Crippen molar-refractivity contribution in [1.82, 2.24) is 0 Å². The van der Waals surface area contributed by atoms with Gasteiger partial charge in [-0.15, -0.1) is 0 Å². The highest BCUT2D eigenvalue weighted by Gasteiger charge is 2.05. The summed E-state index contributed by atoms with van der Waals surface area (Å²) in [6, 6.07) is 13.9. The molecule has 0 fully saturated rings. The van der Waals surface area contributed by atoms with Crippen LogP contribution in [0.25, 0.3) is 0 Å². The number of hydrogen-bond donors (Lipinski definition) is 1. The van der Waals surface area contributed by atoms with Gasteiger partial charge in [0.2, 0.25) is 0 Å². The molecule has 2 aromatic rings. The van der Waals surface area contributed by atoms with Crippen LogP contribution < -0.4 is 10.2 Å². The Hall–Kier alpha value is -2.89. The second-order valence-electron chi connectivity index (χ2n) is 5.98. The Morgan fingerprint density at radius 1 is 1.12 bits per heavy atom. The number of non-ortho nitro benzene ring substituents is 1. The molecule has 0 unspecified atom stereocenters. The van der Waals surface area contributed by atoms with E-state index < -0.39 is 4.92 Å². The van der Waals surface area contributed by atoms with Crippen molar-refractivity contribution in [2.24, 2.45) is 5.10 Å². The van der Waals surface area contributed by atoms with Crippen LogP contribution in [0.15, 0.2) is 53.6 Å². The van der Waals surface area contributed by atoms with Crippen molar-refractivity contribution in [3.63, 3.8) is 0 Å². The molecule has 0 aliphatic rings. The molecule has 0 saturated carbocycles. The van der Waals surface area contributed by atoms with Crippen LogP contribution in [-0.4, -0.2) is 17.7 Å². The summed E-state index contributed by atoms with van der Waals surface area (Å²) in [7, 11) is 0. The van der Waals surface area contributed by atoms with Gasteiger partial charge in [0.25, 0.3) is 5.69 Å². The zero-order chi connectivity index (χ0) is 18.6. The van der Waals surface area contributed by atoms with Crippen molar-refractivity contribution in [2.45, 2.75) is 39.0 Å². The van der Waals surface area contributed by atoms with E-state index in [2.05, 4.69) is 17.5 Å². The molecule has 138 valence electrons. The molecule has 2 rings (SSSR count). The van der Waals surface area contributed by atoms with Crippen molar-refractivity contribution in [2.75, 3.05) is 12.0 Å². The first-order valence-electron chi connectivity index (χ1n) is 8.96. The molecule has 26 heavy (non-hydrogen) atoms. The lowest BCUT2D eigenvalue weighted by Crippen LogP contribution is -2.00. The maximum atomic E-state index is 10.8. The van der Waals surface area contributed by atoms with Gasteiger partial charge in [0.15, 0.2) is 0 Å². The standard InChI is InChI=1S/C20H25N3O3/c1-2-3-4-5-8-14-26-20-13-7-6-10-17(20)16-21-22-18-11-9-12-19(15-18)23(24)25/h6-7,9-13,15-16,22H,2-5,8,14H2,1H3. The third-order valence-corrected chi connectivity index (χ3v) is 3.88. The summed E-state index contributed by atoms with van der Waals surface area (Å²) >= 11 is 0. The van der Waals surface area contributed by atoms with Crippen LogP contribution in [0.2, 0.25) is 0 Å². The average Bonchev–Trinajstić information content (AvgIpc) is 2.66. The van der Waals surface area contributed by atoms with Crippen LogP contribution in [-0.2, 0) is 0 Å². The highest BCUT2D eigenvalue weighted by molar-refractivity contribution is 5.84. The third kappa shape index (κ3) is 6.55. The maximum absolute atomic E-state index is 10.8. The summed E-state index contributed by atoms with van der Waals surface area (Å²) in [5.74, 6) is 0.785. The fourth-order valence-electron chi connectivity index (χ4n) is 2.47. The van der Waals surface area contributed by atoms with Gasteiger partial charge < -0.3 is 4.74 Å². The first-order valence-corrected chi connectivity index (χ1v) is 8.96. The van der Waals surface area contributed by atoms with E-state index in [4.69, 9.17) is 4.74 Å². The SMILES string of the molecule is CCCCCCCOc1ccccc1C=NNc1cccc([N+](=O)[O-])c1. The number of unbranched alkanes of at least 4 members (excludes halogenated alkanes) is 4. The van der Waals surface area contributed by atoms with E-state index in [0.717, 1.165) is 17.7 Å². The number of nitrogens with one attached hydrogen (secondary N) is 1. The molecule has 0 amide bonds. The van der Waals surface area contributed by atoms with Gasteiger partial charge in [0, 0.05) is 17.7 Å². The van der Waals surface area contributed by atoms with Crippen LogP contribution >= 0.6 is 0 Å². The van der Waals surface area contributed by atoms with E-state index >= 15 is 0 Å². The molecule has 0 bridgehead atoms. The molecule has 0 radical (unpaired) electrons. The lowest BCUT2D eigenvalue weighted by atomic mass is 10.2. The molecule has 0 atom stereocenters. The van der Waals surface area contributed by atoms with E-state index in [1.54, 1.807) is 18.3 Å². The maximum Gasteiger partial charge on any atom is 0.271 e. The van der Waals surface area contributed by atoms with E-state index in [0.29, 0.717) is 12.3 Å². The van der Waals surface area contributed by atoms with E-state index in [-0.39, 0.29) is 5.69 Å². The van der Waals surface area contributed by atoms with Crippen LogP contribution in [0.4, 0.5) is 11.4 Å². The smallest absolute Gasteiger partial charge is 0.271 e. The third-order valence-electron chi connectivity index (χ3n) is 3.88. The molecule has 6 nitrogen and oxygen atoms in total. The average molecular weight is 355 g/mol. The molecule has 2 aromatic carbocycles. The Bertz CT molecular complexity index is 732. The summed E-state index contributed by atoms with van der Waals surface area (Å²) < 4.78 is 5.86. The minimum Gasteiger partial charge on any atom is -0.493 e. The van der Waals surface area contributed by atoms with Gasteiger partial charge in [-0.1, -0.05) is 50.8 Å². The van der Waals surface area contributed by atoms with Crippen molar-refractivity contribution >= 4 is 17.6 Å². The Balaban J connectivity index is 1.89. The predicted molar refractivity (Wildman–Crippen MR) is 105 cm³/mol. The molecular formula is C20H25N3O3. The number of para-hydroxylation sites is 1. The number of ether oxygens (including phenoxy) is 1. The summed E-state index contributed by atoms with van der Waals surface area (Å²) in [5, 5.41) is 15.0. The van der Waals surface area contributed by atoms with Crippen LogP contribution in [0.5, 0.6) is 5.75 Å². The topological polar surface area (TPSA) is 76.8 Å². The first-order chi connectivity index (χ1) is 12.7. The Morgan fingerprint density at radius 2 is 1.92 bits per heavy atom. The van der Waals surface area contributed by atoms with Gasteiger partial charge in [-0.25, -0.2) is 0 Å². The molecule has 0 aliphatic heterocycles. The zero-order valence-corrected chi connectivity index (χ0v) is 15.1. The van der Waals surface area contributed by atoms with Crippen LogP contribution in [0.3, 0.4) is 0 Å². The summed E-state index contributed by atoms with van der Waals surface area (Å²) in [6.45, 7) is 2.89. The summed E-state index contributed by atoms with van der Waals surface area (Å²) in [4.78, 5) is 10.4. The highest BCUT2D eigenvalue weighted by Crippen LogP contribution is 2.18. The van der Waals surface area contributed by atoms with Crippen molar-refractivity contribution in [1.29, 1.82) is 0 Å². The van der Waals surface area contributed by atoms with Crippen LogP contribution in [0, 0.1) is 10.1 Å². The van der Waals surface area contributed by atoms with Gasteiger partial charge in [0.1, 0.15) is 5.75 Å². The predicted octanol–water partition coefficient (Wildman–Crippen LogP) is 5.39. The van der Waals surface area contributed by atoms with Gasteiger partial charge in [-0.3, -0.25) is 15.5 Å². The van der Waals surface area contributed by atoms with Gasteiger partial charge in [-0.2, -0.15) is 5.10 Å². The summed E-state index contributed by atoms with van der Waals surface area (Å²) in [6.07, 6.45) is 7.63. The Labute approximate surface area is 154 Å². The zero-order valence-electron chi connectivity index (χ0n) is 15.1. The van der Waals surface area contributed by atoms with Gasteiger partial charge in [0.05, 0.1) is 23.4 Å². The van der Waals surface area contributed by atoms with E-state index in [1.165, 1.54) is 37.8 Å². The number of hydrogen-bond acceptors (Lipinski definition) is 5. The number of benzene rings is 2. The second-order valence-corrected chi connectivity index (χ2v) is 5.98. The molecule has 0 saturated heterocycles. The fraction of sp³-hybridized carbons (Fsp3) is 0.350. The lowest BCUT2D eigenvalue weighted by molar-refractivity contribution is -0.384. The molecule has 0 aromatic heterocycles. The number of hydrazone groups is 1. The monoisotopic (exact) mass is 355 g/mol. The number of rotatable bonds is 11. The molecule has 0 aliphatic carbocycles. The summed E-state index contributed by atoms with van der Waals surface area (Å²) in [5.41, 5.74) is 4.26. The minimum absolute atomic E-state index is 0.0250. The van der Waals surface area contributed by atoms with Gasteiger partial charge >= 0.3 is 0 Å². The van der Waals surface area contributed by atoms with Crippen molar-refractivity contribution < 1.29 is 9.66 Å². The second kappa shape index (κ2) is 10.9. The van der Waals surface area contributed by atoms with Crippen LogP contribution in [0.1, 0.15) is 44.6 Å². The highest BCUT2D eigenvalue weighted by atomic mass is 16.6. The van der Waals surface area contributed by atoms with Crippen molar-refractivity contribution in [3.05, 3.63) is 64.2 Å². The lowest BCUT2D eigenvalue weighted by Gasteiger charge is -2.09. The largest absolute Gasteiger partial charge is 0.493 e. The molecular weight excluding hydrogens is 330 g/mol. The molecule has 0 heterocycles. The molecule has 0 spiro atoms. The Morgan fingerprint density at radius 3 is 2.73 bits per heavy atom. The molecule has 1 N–H and O–H groups in total. The molecule has 6 heteroatoms. The normalized spacial score (nSPS) is 10.8. The van der Waals surface area contributed by atoms with Gasteiger partial charge in [-0.05, 0) is 24.6 Å².